The standard InChI is InChI=1S/C22H29N3O3/c1-14-3-2-4-18(23-14)19(26)24-21-8-16-7-17(9-21)11-22(10-16,13-21)25-20(27)28-12-15-5-6-15/h2-4,15-17H,5-13H2,1H3,(H,24,26)(H,25,27). The molecule has 1 aromatic heterocycles. The lowest BCUT2D eigenvalue weighted by Crippen LogP contribution is -2.70. The Labute approximate surface area is 165 Å². The second-order valence-corrected chi connectivity index (χ2v) is 9.81. The van der Waals surface area contributed by atoms with Crippen LogP contribution in [0.3, 0.4) is 0 Å². The highest BCUT2D eigenvalue weighted by atomic mass is 16.5. The van der Waals surface area contributed by atoms with E-state index in [0.717, 1.165) is 37.8 Å². The molecule has 6 rings (SSSR count). The molecule has 2 unspecified atom stereocenters. The van der Waals surface area contributed by atoms with Gasteiger partial charge in [0.05, 0.1) is 6.61 Å². The molecule has 2 amide bonds. The zero-order valence-corrected chi connectivity index (χ0v) is 16.5. The molecular formula is C22H29N3O3. The Balaban J connectivity index is 1.31. The molecule has 0 saturated heterocycles. The van der Waals surface area contributed by atoms with E-state index in [1.165, 1.54) is 19.3 Å². The number of nitrogens with one attached hydrogen (secondary N) is 2. The van der Waals surface area contributed by atoms with Gasteiger partial charge in [-0.1, -0.05) is 6.07 Å². The van der Waals surface area contributed by atoms with E-state index in [1.807, 2.05) is 19.1 Å². The number of rotatable bonds is 5. The van der Waals surface area contributed by atoms with Crippen molar-refractivity contribution in [1.29, 1.82) is 0 Å². The van der Waals surface area contributed by atoms with Crippen LogP contribution in [-0.2, 0) is 4.74 Å². The topological polar surface area (TPSA) is 80.3 Å². The fourth-order valence-electron chi connectivity index (χ4n) is 6.26. The highest BCUT2D eigenvalue weighted by Gasteiger charge is 2.59. The number of nitrogens with zero attached hydrogens (tertiary/aromatic N) is 1. The largest absolute Gasteiger partial charge is 0.449 e. The van der Waals surface area contributed by atoms with Crippen LogP contribution in [0.15, 0.2) is 18.2 Å². The van der Waals surface area contributed by atoms with Gasteiger partial charge in [0.25, 0.3) is 5.91 Å². The van der Waals surface area contributed by atoms with Gasteiger partial charge < -0.3 is 15.4 Å². The van der Waals surface area contributed by atoms with E-state index in [1.54, 1.807) is 6.07 Å². The van der Waals surface area contributed by atoms with Crippen molar-refractivity contribution in [3.8, 4) is 0 Å². The summed E-state index contributed by atoms with van der Waals surface area (Å²) < 4.78 is 5.45. The highest BCUT2D eigenvalue weighted by molar-refractivity contribution is 5.92. The lowest BCUT2D eigenvalue weighted by Gasteiger charge is -2.62. The van der Waals surface area contributed by atoms with Crippen molar-refractivity contribution >= 4 is 12.0 Å². The monoisotopic (exact) mass is 383 g/mol. The molecule has 0 spiro atoms. The number of amides is 2. The molecule has 5 aliphatic rings. The minimum absolute atomic E-state index is 0.0999. The first-order chi connectivity index (χ1) is 13.4. The van der Waals surface area contributed by atoms with Gasteiger partial charge in [0.2, 0.25) is 0 Å². The number of carbonyl (C=O) groups excluding carboxylic acids is 2. The molecular weight excluding hydrogens is 354 g/mol. The molecule has 0 aromatic carbocycles. The SMILES string of the molecule is Cc1cccc(C(=O)NC23CC4CC(CC(NC(=O)OCC5CC5)(C4)C2)C3)n1. The third-order valence-electron chi connectivity index (χ3n) is 7.08. The summed E-state index contributed by atoms with van der Waals surface area (Å²) in [7, 11) is 0. The van der Waals surface area contributed by atoms with Crippen LogP contribution in [-0.4, -0.2) is 34.7 Å². The first-order valence-corrected chi connectivity index (χ1v) is 10.6. The summed E-state index contributed by atoms with van der Waals surface area (Å²) in [4.78, 5) is 29.7. The van der Waals surface area contributed by atoms with Gasteiger partial charge in [-0.25, -0.2) is 9.78 Å². The molecule has 5 saturated carbocycles. The summed E-state index contributed by atoms with van der Waals surface area (Å²) in [5.74, 6) is 1.57. The Morgan fingerprint density at radius 1 is 1.11 bits per heavy atom. The maximum absolute atomic E-state index is 12.9. The number of carbonyl (C=O) groups is 2. The Morgan fingerprint density at radius 3 is 2.43 bits per heavy atom. The van der Waals surface area contributed by atoms with E-state index in [9.17, 15) is 9.59 Å². The summed E-state index contributed by atoms with van der Waals surface area (Å²) in [6.45, 7) is 2.43. The van der Waals surface area contributed by atoms with Crippen molar-refractivity contribution in [3.05, 3.63) is 29.6 Å². The predicted octanol–water partition coefficient (Wildman–Crippen LogP) is 3.35. The van der Waals surface area contributed by atoms with Crippen LogP contribution < -0.4 is 10.6 Å². The molecule has 6 nitrogen and oxygen atoms in total. The highest BCUT2D eigenvalue weighted by Crippen LogP contribution is 2.57. The predicted molar refractivity (Wildman–Crippen MR) is 104 cm³/mol. The van der Waals surface area contributed by atoms with Crippen molar-refractivity contribution in [2.45, 2.75) is 69.4 Å². The van der Waals surface area contributed by atoms with Crippen LogP contribution >= 0.6 is 0 Å². The third kappa shape index (κ3) is 3.49. The number of aromatic nitrogens is 1. The molecule has 0 aliphatic heterocycles. The third-order valence-corrected chi connectivity index (χ3v) is 7.08. The Morgan fingerprint density at radius 2 is 1.79 bits per heavy atom. The summed E-state index contributed by atoms with van der Waals surface area (Å²) in [6, 6.07) is 5.54. The van der Waals surface area contributed by atoms with Crippen molar-refractivity contribution in [2.24, 2.45) is 17.8 Å². The van der Waals surface area contributed by atoms with Gasteiger partial charge in [0, 0.05) is 16.8 Å². The summed E-state index contributed by atoms with van der Waals surface area (Å²) in [5, 5.41) is 6.56. The Bertz CT molecular complexity index is 790. The van der Waals surface area contributed by atoms with Gasteiger partial charge in [0.1, 0.15) is 5.69 Å². The number of hydrogen-bond donors (Lipinski definition) is 2. The van der Waals surface area contributed by atoms with Gasteiger partial charge >= 0.3 is 6.09 Å². The lowest BCUT2D eigenvalue weighted by molar-refractivity contribution is -0.0470. The Kier molecular flexibility index (Phi) is 4.14. The average Bonchev–Trinajstić information content (AvgIpc) is 3.42. The molecule has 150 valence electrons. The van der Waals surface area contributed by atoms with Crippen LogP contribution in [0.25, 0.3) is 0 Å². The van der Waals surface area contributed by atoms with E-state index < -0.39 is 0 Å². The zero-order valence-electron chi connectivity index (χ0n) is 16.5. The van der Waals surface area contributed by atoms with Crippen molar-refractivity contribution < 1.29 is 14.3 Å². The van der Waals surface area contributed by atoms with Crippen LogP contribution in [0.1, 0.15) is 67.5 Å². The van der Waals surface area contributed by atoms with E-state index in [-0.39, 0.29) is 23.1 Å². The van der Waals surface area contributed by atoms with E-state index >= 15 is 0 Å². The normalized spacial score (nSPS) is 35.5. The van der Waals surface area contributed by atoms with Crippen molar-refractivity contribution in [1.82, 2.24) is 15.6 Å². The maximum Gasteiger partial charge on any atom is 0.407 e. The molecule has 28 heavy (non-hydrogen) atoms. The van der Waals surface area contributed by atoms with Gasteiger partial charge in [0.15, 0.2) is 0 Å². The lowest BCUT2D eigenvalue weighted by atomic mass is 9.50. The molecule has 1 aromatic rings. The first-order valence-electron chi connectivity index (χ1n) is 10.6. The molecule has 1 heterocycles. The summed E-state index contributed by atoms with van der Waals surface area (Å²) in [6.07, 6.45) is 8.07. The minimum Gasteiger partial charge on any atom is -0.449 e. The number of hydrogen-bond acceptors (Lipinski definition) is 4. The van der Waals surface area contributed by atoms with Crippen molar-refractivity contribution in [3.63, 3.8) is 0 Å². The van der Waals surface area contributed by atoms with Crippen LogP contribution in [0, 0.1) is 24.7 Å². The first kappa shape index (κ1) is 18.0. The van der Waals surface area contributed by atoms with E-state index in [2.05, 4.69) is 15.6 Å². The van der Waals surface area contributed by atoms with Crippen LogP contribution in [0.4, 0.5) is 4.79 Å². The molecule has 2 atom stereocenters. The molecule has 2 N–H and O–H groups in total. The second-order valence-electron chi connectivity index (χ2n) is 9.81. The number of aryl methyl sites for hydroxylation is 1. The Hall–Kier alpha value is -2.11. The number of pyridine rings is 1. The van der Waals surface area contributed by atoms with Gasteiger partial charge in [-0.15, -0.1) is 0 Å². The quantitative estimate of drug-likeness (QED) is 0.817. The second kappa shape index (κ2) is 6.46. The summed E-state index contributed by atoms with van der Waals surface area (Å²) >= 11 is 0. The van der Waals surface area contributed by atoms with Gasteiger partial charge in [-0.2, -0.15) is 0 Å². The maximum atomic E-state index is 12.9. The van der Waals surface area contributed by atoms with E-state index in [0.29, 0.717) is 30.1 Å². The molecule has 5 fully saturated rings. The van der Waals surface area contributed by atoms with Crippen LogP contribution in [0.2, 0.25) is 0 Å². The molecule has 6 heteroatoms. The van der Waals surface area contributed by atoms with Gasteiger partial charge in [-0.3, -0.25) is 4.79 Å². The minimum atomic E-state index is -0.282. The molecule has 5 aliphatic carbocycles. The van der Waals surface area contributed by atoms with Crippen molar-refractivity contribution in [2.75, 3.05) is 6.61 Å². The number of alkyl carbamates (subject to hydrolysis) is 1. The molecule has 4 bridgehead atoms. The van der Waals surface area contributed by atoms with Crippen LogP contribution in [0.5, 0.6) is 0 Å². The smallest absolute Gasteiger partial charge is 0.407 e. The summed E-state index contributed by atoms with van der Waals surface area (Å²) in [5.41, 5.74) is 0.838. The zero-order chi connectivity index (χ0) is 19.4. The van der Waals surface area contributed by atoms with E-state index in [4.69, 9.17) is 4.74 Å². The number of ether oxygens (including phenoxy) is 1. The fourth-order valence-corrected chi connectivity index (χ4v) is 6.26. The van der Waals surface area contributed by atoms with Gasteiger partial charge in [-0.05, 0) is 88.2 Å². The fraction of sp³-hybridized carbons (Fsp3) is 0.682. The average molecular weight is 383 g/mol. The molecule has 0 radical (unpaired) electrons.